The number of nitrogens with zero attached hydrogens (tertiary/aromatic N) is 3. The van der Waals surface area contributed by atoms with Crippen molar-refractivity contribution in [2.75, 3.05) is 43.5 Å². The summed E-state index contributed by atoms with van der Waals surface area (Å²) in [5.74, 6) is -0.302. The quantitative estimate of drug-likeness (QED) is 0.440. The average molecular weight is 494 g/mol. The monoisotopic (exact) mass is 493 g/mol. The number of methoxy groups -OCH3 is 1. The van der Waals surface area contributed by atoms with E-state index in [1.807, 2.05) is 21.6 Å². The SMILES string of the molecule is COc1ccc2nc(NC(=O)c3cn(C4CC4)c4cc(N5CCNCC5)c(F)cc4c3=O)sc2c1. The number of carbonyl (C=O) groups is 1. The molecule has 1 saturated heterocycles. The molecule has 1 aliphatic carbocycles. The van der Waals surface area contributed by atoms with E-state index in [4.69, 9.17) is 4.74 Å². The minimum Gasteiger partial charge on any atom is -0.497 e. The first-order chi connectivity index (χ1) is 17.0. The summed E-state index contributed by atoms with van der Waals surface area (Å²) in [4.78, 5) is 33.0. The van der Waals surface area contributed by atoms with Crippen LogP contribution in [0.4, 0.5) is 15.2 Å². The van der Waals surface area contributed by atoms with Gasteiger partial charge in [-0.15, -0.1) is 0 Å². The lowest BCUT2D eigenvalue weighted by molar-refractivity contribution is 0.102. The second kappa shape index (κ2) is 8.62. The average Bonchev–Trinajstić information content (AvgIpc) is 3.63. The smallest absolute Gasteiger partial charge is 0.262 e. The summed E-state index contributed by atoms with van der Waals surface area (Å²) in [6.07, 6.45) is 3.53. The van der Waals surface area contributed by atoms with E-state index < -0.39 is 17.2 Å². The van der Waals surface area contributed by atoms with Gasteiger partial charge in [0.25, 0.3) is 5.91 Å². The topological polar surface area (TPSA) is 88.5 Å². The van der Waals surface area contributed by atoms with Gasteiger partial charge in [0.1, 0.15) is 17.1 Å². The number of pyridine rings is 1. The Morgan fingerprint density at radius 3 is 2.77 bits per heavy atom. The molecule has 8 nitrogen and oxygen atoms in total. The number of fused-ring (bicyclic) bond motifs is 2. The third-order valence-electron chi connectivity index (χ3n) is 6.56. The molecule has 0 bridgehead atoms. The van der Waals surface area contributed by atoms with E-state index in [0.29, 0.717) is 35.2 Å². The highest BCUT2D eigenvalue weighted by Gasteiger charge is 2.28. The lowest BCUT2D eigenvalue weighted by Gasteiger charge is -2.30. The van der Waals surface area contributed by atoms with Gasteiger partial charge < -0.3 is 19.5 Å². The molecule has 1 amide bonds. The maximum Gasteiger partial charge on any atom is 0.262 e. The first kappa shape index (κ1) is 22.0. The first-order valence-electron chi connectivity index (χ1n) is 11.6. The van der Waals surface area contributed by atoms with Gasteiger partial charge in [0.05, 0.1) is 28.5 Å². The number of nitrogens with one attached hydrogen (secondary N) is 2. The summed E-state index contributed by atoms with van der Waals surface area (Å²) < 4.78 is 23.2. The molecule has 35 heavy (non-hydrogen) atoms. The van der Waals surface area contributed by atoms with Gasteiger partial charge in [-0.2, -0.15) is 0 Å². The summed E-state index contributed by atoms with van der Waals surface area (Å²) >= 11 is 1.30. The van der Waals surface area contributed by atoms with Gasteiger partial charge in [-0.3, -0.25) is 14.9 Å². The molecule has 180 valence electrons. The van der Waals surface area contributed by atoms with E-state index in [-0.39, 0.29) is 17.0 Å². The van der Waals surface area contributed by atoms with E-state index in [9.17, 15) is 9.59 Å². The maximum absolute atomic E-state index is 15.2. The van der Waals surface area contributed by atoms with E-state index in [1.54, 1.807) is 25.4 Å². The van der Waals surface area contributed by atoms with E-state index >= 15 is 4.39 Å². The van der Waals surface area contributed by atoms with Crippen LogP contribution in [0.1, 0.15) is 29.2 Å². The van der Waals surface area contributed by atoms with Crippen molar-refractivity contribution in [3.05, 3.63) is 58.1 Å². The predicted octanol–water partition coefficient (Wildman–Crippen LogP) is 3.76. The third-order valence-corrected chi connectivity index (χ3v) is 7.49. The fraction of sp³-hybridized carbons (Fsp3) is 0.320. The number of ether oxygens (including phenoxy) is 1. The summed E-state index contributed by atoms with van der Waals surface area (Å²) in [5, 5.41) is 6.63. The van der Waals surface area contributed by atoms with Crippen LogP contribution in [0.5, 0.6) is 5.75 Å². The van der Waals surface area contributed by atoms with Crippen LogP contribution < -0.4 is 25.7 Å². The second-order valence-corrected chi connectivity index (χ2v) is 9.91. The molecule has 2 aromatic carbocycles. The molecule has 1 aliphatic heterocycles. The lowest BCUT2D eigenvalue weighted by Crippen LogP contribution is -2.43. The van der Waals surface area contributed by atoms with Gasteiger partial charge in [-0.25, -0.2) is 9.37 Å². The standard InChI is InChI=1S/C25H24FN5O3S/c1-34-15-4-5-19-22(10-15)35-25(28-19)29-24(33)17-13-31(14-2-3-14)20-12-21(30-8-6-27-7-9-30)18(26)11-16(20)23(17)32/h4-5,10-14,27H,2-3,6-9H2,1H3,(H,28,29,33). The fourth-order valence-corrected chi connectivity index (χ4v) is 5.46. The van der Waals surface area contributed by atoms with Crippen molar-refractivity contribution < 1.29 is 13.9 Å². The summed E-state index contributed by atoms with van der Waals surface area (Å²) in [6.45, 7) is 2.96. The number of thiazole rings is 1. The first-order valence-corrected chi connectivity index (χ1v) is 12.4. The zero-order valence-corrected chi connectivity index (χ0v) is 20.0. The van der Waals surface area contributed by atoms with Gasteiger partial charge in [0.15, 0.2) is 5.13 Å². The molecule has 0 unspecified atom stereocenters. The number of amides is 1. The Kier molecular flexibility index (Phi) is 5.42. The molecule has 0 radical (unpaired) electrons. The number of carbonyl (C=O) groups excluding carboxylic acids is 1. The molecular formula is C25H24FN5O3S. The van der Waals surface area contributed by atoms with E-state index in [0.717, 1.165) is 36.1 Å². The van der Waals surface area contributed by atoms with Crippen molar-refractivity contribution in [3.8, 4) is 5.75 Å². The van der Waals surface area contributed by atoms with E-state index in [1.165, 1.54) is 17.4 Å². The Bertz CT molecular complexity index is 1520. The van der Waals surface area contributed by atoms with Crippen molar-refractivity contribution in [3.63, 3.8) is 0 Å². The number of benzene rings is 2. The van der Waals surface area contributed by atoms with Gasteiger partial charge in [-0.05, 0) is 43.2 Å². The Balaban J connectivity index is 1.39. The number of anilines is 2. The van der Waals surface area contributed by atoms with Gasteiger partial charge >= 0.3 is 0 Å². The molecule has 3 heterocycles. The largest absolute Gasteiger partial charge is 0.497 e. The van der Waals surface area contributed by atoms with Crippen molar-refractivity contribution >= 4 is 49.2 Å². The van der Waals surface area contributed by atoms with Crippen LogP contribution in [0.15, 0.2) is 41.3 Å². The van der Waals surface area contributed by atoms with Crippen LogP contribution in [0, 0.1) is 5.82 Å². The molecule has 0 spiro atoms. The van der Waals surface area contributed by atoms with Crippen molar-refractivity contribution in [2.45, 2.75) is 18.9 Å². The van der Waals surface area contributed by atoms with Gasteiger partial charge in [-0.1, -0.05) is 11.3 Å². The molecule has 2 N–H and O–H groups in total. The summed E-state index contributed by atoms with van der Waals surface area (Å²) in [7, 11) is 1.59. The number of hydrogen-bond acceptors (Lipinski definition) is 7. The summed E-state index contributed by atoms with van der Waals surface area (Å²) in [6, 6.07) is 8.70. The molecule has 10 heteroatoms. The minimum atomic E-state index is -0.552. The number of halogens is 1. The zero-order valence-electron chi connectivity index (χ0n) is 19.1. The van der Waals surface area contributed by atoms with Crippen molar-refractivity contribution in [2.24, 2.45) is 0 Å². The van der Waals surface area contributed by atoms with Crippen molar-refractivity contribution in [1.29, 1.82) is 0 Å². The molecule has 0 atom stereocenters. The molecule has 6 rings (SSSR count). The highest BCUT2D eigenvalue weighted by Crippen LogP contribution is 2.38. The number of piperazine rings is 1. The molecule has 4 aromatic rings. The fourth-order valence-electron chi connectivity index (χ4n) is 4.57. The number of hydrogen-bond donors (Lipinski definition) is 2. The molecule has 2 fully saturated rings. The molecule has 2 aliphatic rings. The maximum atomic E-state index is 15.2. The molecule has 1 saturated carbocycles. The summed E-state index contributed by atoms with van der Waals surface area (Å²) in [5.41, 5.74) is 1.38. The normalized spacial score (nSPS) is 16.1. The van der Waals surface area contributed by atoms with Gasteiger partial charge in [0, 0.05) is 43.8 Å². The van der Waals surface area contributed by atoms with Crippen LogP contribution in [0.2, 0.25) is 0 Å². The van der Waals surface area contributed by atoms with Crippen LogP contribution in [0.25, 0.3) is 21.1 Å². The molecular weight excluding hydrogens is 469 g/mol. The number of aromatic nitrogens is 2. The zero-order chi connectivity index (χ0) is 24.1. The minimum absolute atomic E-state index is 0.0180. The highest BCUT2D eigenvalue weighted by atomic mass is 32.1. The van der Waals surface area contributed by atoms with Crippen LogP contribution in [-0.2, 0) is 0 Å². The Labute approximate surface area is 204 Å². The van der Waals surface area contributed by atoms with Gasteiger partial charge in [0.2, 0.25) is 5.43 Å². The van der Waals surface area contributed by atoms with Crippen LogP contribution >= 0.6 is 11.3 Å². The second-order valence-electron chi connectivity index (χ2n) is 8.87. The molecule has 2 aromatic heterocycles. The van der Waals surface area contributed by atoms with Crippen LogP contribution in [0.3, 0.4) is 0 Å². The van der Waals surface area contributed by atoms with Crippen molar-refractivity contribution in [1.82, 2.24) is 14.9 Å². The number of rotatable bonds is 5. The highest BCUT2D eigenvalue weighted by molar-refractivity contribution is 7.22. The Morgan fingerprint density at radius 2 is 2.03 bits per heavy atom. The van der Waals surface area contributed by atoms with E-state index in [2.05, 4.69) is 15.6 Å². The predicted molar refractivity (Wildman–Crippen MR) is 136 cm³/mol. The third kappa shape index (κ3) is 4.02. The van der Waals surface area contributed by atoms with Crippen LogP contribution in [-0.4, -0.2) is 48.7 Å². The lowest BCUT2D eigenvalue weighted by atomic mass is 10.1. The Hall–Kier alpha value is -3.50. The Morgan fingerprint density at radius 1 is 1.23 bits per heavy atom.